The number of hydrogen-bond acceptors (Lipinski definition) is 4. The van der Waals surface area contributed by atoms with Crippen molar-refractivity contribution in [2.24, 2.45) is 0 Å². The van der Waals surface area contributed by atoms with Crippen LogP contribution in [0.3, 0.4) is 0 Å². The van der Waals surface area contributed by atoms with Gasteiger partial charge in [0.05, 0.1) is 0 Å². The van der Waals surface area contributed by atoms with Crippen LogP contribution in [-0.4, -0.2) is 42.0 Å². The Kier molecular flexibility index (Phi) is 3.56. The van der Waals surface area contributed by atoms with Gasteiger partial charge >= 0.3 is 6.03 Å². The summed E-state index contributed by atoms with van der Waals surface area (Å²) in [7, 11) is 3.43. The Balaban J connectivity index is 2.31. The second kappa shape index (κ2) is 4.48. The molecule has 5 nitrogen and oxygen atoms in total. The van der Waals surface area contributed by atoms with Crippen molar-refractivity contribution in [2.45, 2.75) is 12.5 Å². The second-order valence-electron chi connectivity index (χ2n) is 2.99. The van der Waals surface area contributed by atoms with Gasteiger partial charge in [-0.25, -0.2) is 9.80 Å². The maximum absolute atomic E-state index is 11.1. The third-order valence-electron chi connectivity index (χ3n) is 1.57. The van der Waals surface area contributed by atoms with Crippen LogP contribution in [0.5, 0.6) is 0 Å². The van der Waals surface area contributed by atoms with Gasteiger partial charge in [-0.1, -0.05) is 11.8 Å². The Morgan fingerprint density at radius 3 is 2.77 bits per heavy atom. The molecule has 1 fully saturated rings. The first kappa shape index (κ1) is 10.3. The second-order valence-corrected chi connectivity index (χ2v) is 4.09. The van der Waals surface area contributed by atoms with Crippen molar-refractivity contribution < 1.29 is 9.59 Å². The van der Waals surface area contributed by atoms with Crippen molar-refractivity contribution >= 4 is 22.9 Å². The van der Waals surface area contributed by atoms with Crippen LogP contribution >= 0.6 is 11.8 Å². The first-order valence-electron chi connectivity index (χ1n) is 4.00. The number of nitrogens with one attached hydrogen (secondary N) is 2. The molecule has 0 aromatic heterocycles. The summed E-state index contributed by atoms with van der Waals surface area (Å²) < 4.78 is 0. The Bertz CT molecular complexity index is 220. The molecule has 0 aliphatic carbocycles. The van der Waals surface area contributed by atoms with E-state index in [1.165, 1.54) is 16.8 Å². The number of urea groups is 1. The highest BCUT2D eigenvalue weighted by Crippen LogP contribution is 2.18. The van der Waals surface area contributed by atoms with Crippen molar-refractivity contribution in [3.8, 4) is 0 Å². The van der Waals surface area contributed by atoms with Gasteiger partial charge in [-0.3, -0.25) is 10.2 Å². The molecule has 2 N–H and O–H groups in total. The minimum atomic E-state index is -0.328. The largest absolute Gasteiger partial charge is 0.329 e. The number of carbonyl (C=O) groups excluding carboxylic acids is 2. The van der Waals surface area contributed by atoms with Gasteiger partial charge in [-0.2, -0.15) is 0 Å². The van der Waals surface area contributed by atoms with Crippen LogP contribution in [0.25, 0.3) is 0 Å². The van der Waals surface area contributed by atoms with E-state index in [0.29, 0.717) is 0 Å². The Labute approximate surface area is 81.2 Å². The van der Waals surface area contributed by atoms with Gasteiger partial charge in [-0.05, 0) is 6.42 Å². The topological polar surface area (TPSA) is 61.4 Å². The smallest absolute Gasteiger partial charge is 0.326 e. The quantitative estimate of drug-likeness (QED) is 0.610. The fraction of sp³-hybridized carbons (Fsp3) is 0.714. The summed E-state index contributed by atoms with van der Waals surface area (Å²) >= 11 is 1.27. The summed E-state index contributed by atoms with van der Waals surface area (Å²) in [5.41, 5.74) is 2.51. The molecule has 1 aliphatic heterocycles. The highest BCUT2D eigenvalue weighted by Gasteiger charge is 2.26. The van der Waals surface area contributed by atoms with Crippen LogP contribution in [0.1, 0.15) is 6.42 Å². The first-order chi connectivity index (χ1) is 6.09. The number of nitrogens with zero attached hydrogens (tertiary/aromatic N) is 1. The van der Waals surface area contributed by atoms with Gasteiger partial charge in [0, 0.05) is 19.8 Å². The Morgan fingerprint density at radius 1 is 1.62 bits per heavy atom. The highest BCUT2D eigenvalue weighted by molar-refractivity contribution is 8.14. The zero-order valence-corrected chi connectivity index (χ0v) is 8.48. The highest BCUT2D eigenvalue weighted by atomic mass is 32.2. The minimum Gasteiger partial charge on any atom is -0.326 e. The van der Waals surface area contributed by atoms with Crippen molar-refractivity contribution in [3.63, 3.8) is 0 Å². The van der Waals surface area contributed by atoms with E-state index in [9.17, 15) is 9.59 Å². The lowest BCUT2D eigenvalue weighted by Gasteiger charge is -2.15. The standard InChI is InChI=1S/C7H13N3O2S/c1-10(2)9-7(12)8-5-3-4-13-6(5)11/h5H,3-4H2,1-2H3,(H2,8,9,12). The lowest BCUT2D eigenvalue weighted by atomic mass is 10.2. The van der Waals surface area contributed by atoms with E-state index in [-0.39, 0.29) is 17.2 Å². The predicted octanol–water partition coefficient (Wildman–Crippen LogP) is -0.206. The van der Waals surface area contributed by atoms with E-state index >= 15 is 0 Å². The summed E-state index contributed by atoms with van der Waals surface area (Å²) in [6, 6.07) is -0.643. The van der Waals surface area contributed by atoms with Crippen molar-refractivity contribution in [2.75, 3.05) is 19.8 Å². The van der Waals surface area contributed by atoms with Crippen LogP contribution in [0.2, 0.25) is 0 Å². The van der Waals surface area contributed by atoms with Crippen molar-refractivity contribution in [1.82, 2.24) is 15.8 Å². The molecule has 1 unspecified atom stereocenters. The first-order valence-corrected chi connectivity index (χ1v) is 4.99. The minimum absolute atomic E-state index is 0.0499. The number of hydrogen-bond donors (Lipinski definition) is 2. The van der Waals surface area contributed by atoms with Gasteiger partial charge in [0.25, 0.3) is 0 Å². The van der Waals surface area contributed by atoms with E-state index in [2.05, 4.69) is 10.7 Å². The summed E-state index contributed by atoms with van der Waals surface area (Å²) in [5, 5.41) is 4.18. The molecule has 0 bridgehead atoms. The number of amides is 2. The van der Waals surface area contributed by atoms with E-state index in [0.717, 1.165) is 12.2 Å². The molecule has 1 saturated heterocycles. The lowest BCUT2D eigenvalue weighted by molar-refractivity contribution is -0.112. The normalized spacial score (nSPS) is 22.1. The summed E-state index contributed by atoms with van der Waals surface area (Å²) in [5.74, 6) is 0.797. The van der Waals surface area contributed by atoms with E-state index < -0.39 is 0 Å². The van der Waals surface area contributed by atoms with Gasteiger partial charge in [0.1, 0.15) is 6.04 Å². The summed E-state index contributed by atoms with van der Waals surface area (Å²) in [6.07, 6.45) is 0.727. The zero-order valence-electron chi connectivity index (χ0n) is 7.66. The number of thioether (sulfide) groups is 1. The molecule has 1 aliphatic rings. The van der Waals surface area contributed by atoms with Gasteiger partial charge in [-0.15, -0.1) is 0 Å². The van der Waals surface area contributed by atoms with Crippen LogP contribution < -0.4 is 10.7 Å². The molecule has 2 amide bonds. The fourth-order valence-corrected chi connectivity index (χ4v) is 1.95. The molecule has 0 saturated carbocycles. The molecule has 6 heteroatoms. The average molecular weight is 203 g/mol. The number of hydrazine groups is 1. The SMILES string of the molecule is CN(C)NC(=O)NC1CCSC1=O. The lowest BCUT2D eigenvalue weighted by Crippen LogP contribution is -2.48. The molecule has 1 rings (SSSR count). The monoisotopic (exact) mass is 203 g/mol. The van der Waals surface area contributed by atoms with Crippen molar-refractivity contribution in [1.29, 1.82) is 0 Å². The van der Waals surface area contributed by atoms with E-state index in [4.69, 9.17) is 0 Å². The molecular weight excluding hydrogens is 190 g/mol. The summed E-state index contributed by atoms with van der Waals surface area (Å²) in [6.45, 7) is 0. The van der Waals surface area contributed by atoms with Crippen molar-refractivity contribution in [3.05, 3.63) is 0 Å². The van der Waals surface area contributed by atoms with Crippen LogP contribution in [-0.2, 0) is 4.79 Å². The zero-order chi connectivity index (χ0) is 9.84. The third kappa shape index (κ3) is 3.23. The average Bonchev–Trinajstić information content (AvgIpc) is 2.34. The van der Waals surface area contributed by atoms with Crippen LogP contribution in [0.15, 0.2) is 0 Å². The molecule has 0 spiro atoms. The Morgan fingerprint density at radius 2 is 2.31 bits per heavy atom. The van der Waals surface area contributed by atoms with E-state index in [1.807, 2.05) is 0 Å². The molecular formula is C7H13N3O2S. The molecule has 0 aromatic carbocycles. The van der Waals surface area contributed by atoms with Gasteiger partial charge < -0.3 is 5.32 Å². The molecule has 1 atom stereocenters. The Hall–Kier alpha value is -0.750. The molecule has 0 radical (unpaired) electrons. The number of rotatable bonds is 2. The van der Waals surface area contributed by atoms with Crippen LogP contribution in [0.4, 0.5) is 4.79 Å². The maximum Gasteiger partial charge on any atom is 0.329 e. The molecule has 1 heterocycles. The van der Waals surface area contributed by atoms with E-state index in [1.54, 1.807) is 14.1 Å². The molecule has 0 aromatic rings. The predicted molar refractivity (Wildman–Crippen MR) is 51.2 cm³/mol. The van der Waals surface area contributed by atoms with Gasteiger partial charge in [0.15, 0.2) is 0 Å². The third-order valence-corrected chi connectivity index (χ3v) is 2.57. The fourth-order valence-electron chi connectivity index (χ4n) is 1.02. The maximum atomic E-state index is 11.1. The van der Waals surface area contributed by atoms with Gasteiger partial charge in [0.2, 0.25) is 5.12 Å². The summed E-state index contributed by atoms with van der Waals surface area (Å²) in [4.78, 5) is 22.2. The number of carbonyl (C=O) groups is 2. The molecule has 74 valence electrons. The van der Waals surface area contributed by atoms with Crippen LogP contribution in [0, 0.1) is 0 Å². The molecule has 13 heavy (non-hydrogen) atoms.